The van der Waals surface area contributed by atoms with Crippen molar-refractivity contribution in [3.8, 4) is 5.75 Å². The summed E-state index contributed by atoms with van der Waals surface area (Å²) in [5.41, 5.74) is 0.818. The summed E-state index contributed by atoms with van der Waals surface area (Å²) in [5.74, 6) is -1.23. The van der Waals surface area contributed by atoms with Gasteiger partial charge in [0.25, 0.3) is 5.91 Å². The van der Waals surface area contributed by atoms with Crippen molar-refractivity contribution < 1.29 is 18.7 Å². The molecule has 0 radical (unpaired) electrons. The molecule has 0 heterocycles. The average Bonchev–Trinajstić information content (AvgIpc) is 2.70. The van der Waals surface area contributed by atoms with Crippen LogP contribution in [0.25, 0.3) is 0 Å². The topological polar surface area (TPSA) is 58.6 Å². The minimum Gasteiger partial charge on any atom is -0.481 e. The van der Waals surface area contributed by atoms with Gasteiger partial charge < -0.3 is 15.0 Å². The minimum absolute atomic E-state index is 0.00891. The monoisotopic (exact) mass is 406 g/mol. The summed E-state index contributed by atoms with van der Waals surface area (Å²) in [6, 6.07) is 12.2. The fourth-order valence-electron chi connectivity index (χ4n) is 2.55. The maximum Gasteiger partial charge on any atom is 0.261 e. The smallest absolute Gasteiger partial charge is 0.261 e. The Morgan fingerprint density at radius 2 is 1.86 bits per heavy atom. The Bertz CT molecular complexity index is 798. The molecule has 1 N–H and O–H groups in total. The summed E-state index contributed by atoms with van der Waals surface area (Å²) in [6.45, 7) is 3.96. The van der Waals surface area contributed by atoms with E-state index in [1.165, 1.54) is 23.1 Å². The van der Waals surface area contributed by atoms with Crippen molar-refractivity contribution in [2.75, 3.05) is 13.2 Å². The molecule has 2 amide bonds. The van der Waals surface area contributed by atoms with E-state index in [1.807, 2.05) is 6.92 Å². The number of carbonyl (C=O) groups is 2. The molecule has 2 aromatic rings. The Morgan fingerprint density at radius 3 is 2.50 bits per heavy atom. The number of ether oxygens (including phenoxy) is 1. The zero-order valence-corrected chi connectivity index (χ0v) is 16.7. The van der Waals surface area contributed by atoms with Crippen molar-refractivity contribution in [1.29, 1.82) is 0 Å². The van der Waals surface area contributed by atoms with E-state index in [1.54, 1.807) is 37.3 Å². The summed E-state index contributed by atoms with van der Waals surface area (Å²) in [4.78, 5) is 26.6. The van der Waals surface area contributed by atoms with Gasteiger partial charge in [-0.2, -0.15) is 0 Å². The largest absolute Gasteiger partial charge is 0.481 e. The molecule has 5 nitrogen and oxygen atoms in total. The molecule has 0 fully saturated rings. The molecular formula is C21H24ClFN2O3. The van der Waals surface area contributed by atoms with Crippen LogP contribution in [0.2, 0.25) is 5.02 Å². The highest BCUT2D eigenvalue weighted by Gasteiger charge is 2.26. The predicted molar refractivity (Wildman–Crippen MR) is 107 cm³/mol. The van der Waals surface area contributed by atoms with Crippen LogP contribution in [0.3, 0.4) is 0 Å². The summed E-state index contributed by atoms with van der Waals surface area (Å²) < 4.78 is 19.1. The Balaban J connectivity index is 2.13. The molecule has 2 rings (SSSR count). The number of para-hydroxylation sites is 1. The number of amides is 2. The Labute approximate surface area is 169 Å². The highest BCUT2D eigenvalue weighted by molar-refractivity contribution is 6.30. The van der Waals surface area contributed by atoms with Crippen LogP contribution < -0.4 is 10.1 Å². The van der Waals surface area contributed by atoms with Crippen LogP contribution in [0.5, 0.6) is 5.75 Å². The first-order chi connectivity index (χ1) is 13.4. The summed E-state index contributed by atoms with van der Waals surface area (Å²) in [5, 5.41) is 3.37. The van der Waals surface area contributed by atoms with E-state index < -0.39 is 17.8 Å². The van der Waals surface area contributed by atoms with Gasteiger partial charge in [0, 0.05) is 18.1 Å². The number of benzene rings is 2. The van der Waals surface area contributed by atoms with Crippen molar-refractivity contribution in [2.24, 2.45) is 0 Å². The van der Waals surface area contributed by atoms with Gasteiger partial charge in [-0.3, -0.25) is 9.59 Å². The molecule has 0 spiro atoms. The van der Waals surface area contributed by atoms with Gasteiger partial charge in [-0.05, 0) is 43.2 Å². The number of nitrogens with zero attached hydrogens (tertiary/aromatic N) is 1. The van der Waals surface area contributed by atoms with Gasteiger partial charge in [0.05, 0.1) is 0 Å². The number of carbonyl (C=O) groups excluding carboxylic acids is 2. The van der Waals surface area contributed by atoms with Crippen LogP contribution in [0.15, 0.2) is 48.5 Å². The molecule has 0 saturated carbocycles. The fourth-order valence-corrected chi connectivity index (χ4v) is 2.68. The maximum absolute atomic E-state index is 13.7. The van der Waals surface area contributed by atoms with Crippen molar-refractivity contribution in [2.45, 2.75) is 32.9 Å². The summed E-state index contributed by atoms with van der Waals surface area (Å²) in [6.07, 6.45) is 0.792. The standard InChI is InChI=1S/C21H24ClFN2O3/c1-3-12-24-21(27)15(2)25(13-16-8-10-17(22)11-9-16)20(26)14-28-19-7-5-4-6-18(19)23/h4-11,15H,3,12-14H2,1-2H3,(H,24,27)/t15-/m0/s1. The minimum atomic E-state index is -0.709. The van der Waals surface area contributed by atoms with Crippen molar-refractivity contribution >= 4 is 23.4 Å². The molecule has 1 atom stereocenters. The lowest BCUT2D eigenvalue weighted by Gasteiger charge is -2.28. The van der Waals surface area contributed by atoms with Crippen LogP contribution in [0, 0.1) is 5.82 Å². The molecule has 28 heavy (non-hydrogen) atoms. The molecule has 0 unspecified atom stereocenters. The molecule has 0 aliphatic heterocycles. The SMILES string of the molecule is CCCNC(=O)[C@H](C)N(Cc1ccc(Cl)cc1)C(=O)COc1ccccc1F. The fraction of sp³-hybridized carbons (Fsp3) is 0.333. The quantitative estimate of drug-likeness (QED) is 0.689. The van der Waals surface area contributed by atoms with Gasteiger partial charge >= 0.3 is 0 Å². The molecule has 0 aliphatic carbocycles. The second kappa shape index (κ2) is 10.7. The van der Waals surface area contributed by atoms with Crippen LogP contribution >= 0.6 is 11.6 Å². The van der Waals surface area contributed by atoms with Crippen LogP contribution in [0.1, 0.15) is 25.8 Å². The summed E-state index contributed by atoms with van der Waals surface area (Å²) in [7, 11) is 0. The number of hydrogen-bond acceptors (Lipinski definition) is 3. The lowest BCUT2D eigenvalue weighted by atomic mass is 10.1. The first kappa shape index (κ1) is 21.7. The third-order valence-electron chi connectivity index (χ3n) is 4.17. The molecule has 0 saturated heterocycles. The molecule has 0 bridgehead atoms. The Kier molecular flexibility index (Phi) is 8.26. The number of nitrogens with one attached hydrogen (secondary N) is 1. The van der Waals surface area contributed by atoms with Gasteiger partial charge in [0.15, 0.2) is 18.2 Å². The molecular weight excluding hydrogens is 383 g/mol. The maximum atomic E-state index is 13.7. The first-order valence-corrected chi connectivity index (χ1v) is 9.49. The molecule has 0 aliphatic rings. The van der Waals surface area contributed by atoms with E-state index in [0.29, 0.717) is 11.6 Å². The Hall–Kier alpha value is -2.60. The van der Waals surface area contributed by atoms with Crippen LogP contribution in [-0.2, 0) is 16.1 Å². The highest BCUT2D eigenvalue weighted by Crippen LogP contribution is 2.17. The second-order valence-corrected chi connectivity index (χ2v) is 6.77. The third-order valence-corrected chi connectivity index (χ3v) is 4.42. The van der Waals surface area contributed by atoms with E-state index in [-0.39, 0.29) is 24.8 Å². The van der Waals surface area contributed by atoms with E-state index in [4.69, 9.17) is 16.3 Å². The van der Waals surface area contributed by atoms with Gasteiger partial charge in [0.1, 0.15) is 6.04 Å². The molecule has 7 heteroatoms. The first-order valence-electron chi connectivity index (χ1n) is 9.11. The second-order valence-electron chi connectivity index (χ2n) is 6.33. The van der Waals surface area contributed by atoms with Crippen LogP contribution in [-0.4, -0.2) is 35.9 Å². The zero-order valence-electron chi connectivity index (χ0n) is 16.0. The molecule has 150 valence electrons. The number of hydrogen-bond donors (Lipinski definition) is 1. The van der Waals surface area contributed by atoms with E-state index in [2.05, 4.69) is 5.32 Å². The zero-order chi connectivity index (χ0) is 20.5. The third kappa shape index (κ3) is 6.23. The number of halogens is 2. The molecule has 2 aromatic carbocycles. The van der Waals surface area contributed by atoms with E-state index in [0.717, 1.165) is 12.0 Å². The van der Waals surface area contributed by atoms with Crippen LogP contribution in [0.4, 0.5) is 4.39 Å². The van der Waals surface area contributed by atoms with Crippen molar-refractivity contribution in [3.63, 3.8) is 0 Å². The van der Waals surface area contributed by atoms with Gasteiger partial charge in [-0.15, -0.1) is 0 Å². The average molecular weight is 407 g/mol. The lowest BCUT2D eigenvalue weighted by Crippen LogP contribution is -2.49. The van der Waals surface area contributed by atoms with Gasteiger partial charge in [-0.25, -0.2) is 4.39 Å². The predicted octanol–water partition coefficient (Wildman–Crippen LogP) is 3.80. The number of rotatable bonds is 9. The van der Waals surface area contributed by atoms with E-state index in [9.17, 15) is 14.0 Å². The highest BCUT2D eigenvalue weighted by atomic mass is 35.5. The van der Waals surface area contributed by atoms with Crippen molar-refractivity contribution in [3.05, 3.63) is 64.9 Å². The van der Waals surface area contributed by atoms with Crippen molar-refractivity contribution in [1.82, 2.24) is 10.2 Å². The summed E-state index contributed by atoms with van der Waals surface area (Å²) >= 11 is 5.91. The molecule has 0 aromatic heterocycles. The Morgan fingerprint density at radius 1 is 1.18 bits per heavy atom. The van der Waals surface area contributed by atoms with Gasteiger partial charge in [-0.1, -0.05) is 42.8 Å². The van der Waals surface area contributed by atoms with E-state index >= 15 is 0 Å². The lowest BCUT2D eigenvalue weighted by molar-refractivity contribution is -0.142. The normalized spacial score (nSPS) is 11.6. The van der Waals surface area contributed by atoms with Gasteiger partial charge in [0.2, 0.25) is 5.91 Å².